The Bertz CT molecular complexity index is 434. The lowest BCUT2D eigenvalue weighted by Gasteiger charge is -2.26. The van der Waals surface area contributed by atoms with Crippen molar-refractivity contribution < 1.29 is 0 Å². The fraction of sp³-hybridized carbons (Fsp3) is 0.250. The van der Waals surface area contributed by atoms with Crippen LogP contribution in [0.5, 0.6) is 0 Å². The molecule has 0 radical (unpaired) electrons. The lowest BCUT2D eigenvalue weighted by atomic mass is 10.3. The summed E-state index contributed by atoms with van der Waals surface area (Å²) in [4.78, 5) is 0. The number of rotatable bonds is 3. The Labute approximate surface area is 115 Å². The molecule has 2 heteroatoms. The van der Waals surface area contributed by atoms with E-state index < -0.39 is 0 Å². The van der Waals surface area contributed by atoms with Gasteiger partial charge in [0.2, 0.25) is 0 Å². The first-order valence-electron chi connectivity index (χ1n) is 6.16. The molecule has 0 bridgehead atoms. The summed E-state index contributed by atoms with van der Waals surface area (Å²) in [6.45, 7) is 6.87. The van der Waals surface area contributed by atoms with Gasteiger partial charge in [-0.2, -0.15) is 0 Å². The molecular weight excluding hydrogens is 255 g/mol. The smallest absolute Gasteiger partial charge is 0.0158 e. The Morgan fingerprint density at radius 1 is 0.722 bits per heavy atom. The molecule has 0 atom stereocenters. The number of benzene rings is 2. The van der Waals surface area contributed by atoms with Crippen molar-refractivity contribution in [1.29, 1.82) is 0 Å². The molecule has 2 rings (SSSR count). The van der Waals surface area contributed by atoms with Crippen molar-refractivity contribution >= 4 is 29.1 Å². The summed E-state index contributed by atoms with van der Waals surface area (Å²) in [7, 11) is -0.322. The van der Waals surface area contributed by atoms with Crippen LogP contribution in [0.15, 0.2) is 60.7 Å². The SMILES string of the molecule is CC(C)(C)SP(c1ccccc1)c1ccccc1. The van der Waals surface area contributed by atoms with E-state index in [0.717, 1.165) is 0 Å². The summed E-state index contributed by atoms with van der Waals surface area (Å²) in [5.74, 6) is 0. The van der Waals surface area contributed by atoms with Crippen LogP contribution < -0.4 is 10.6 Å². The summed E-state index contributed by atoms with van der Waals surface area (Å²) >= 11 is 2.07. The van der Waals surface area contributed by atoms with Crippen LogP contribution in [0.25, 0.3) is 0 Å². The van der Waals surface area contributed by atoms with Gasteiger partial charge in [-0.15, -0.1) is 11.4 Å². The van der Waals surface area contributed by atoms with E-state index in [1.807, 2.05) is 0 Å². The molecule has 0 aliphatic rings. The van der Waals surface area contributed by atoms with E-state index in [1.165, 1.54) is 10.6 Å². The van der Waals surface area contributed by atoms with Crippen LogP contribution >= 0.6 is 18.5 Å². The highest BCUT2D eigenvalue weighted by Crippen LogP contribution is 2.53. The molecule has 0 aliphatic carbocycles. The molecule has 18 heavy (non-hydrogen) atoms. The monoisotopic (exact) mass is 274 g/mol. The van der Waals surface area contributed by atoms with Gasteiger partial charge in [0.05, 0.1) is 0 Å². The molecule has 2 aromatic rings. The Hall–Kier alpha value is -0.780. The fourth-order valence-electron chi connectivity index (χ4n) is 1.66. The van der Waals surface area contributed by atoms with Crippen molar-refractivity contribution in [3.05, 3.63) is 60.7 Å². The maximum Gasteiger partial charge on any atom is 0.0158 e. The van der Waals surface area contributed by atoms with Crippen LogP contribution in [0.4, 0.5) is 0 Å². The maximum absolute atomic E-state index is 2.29. The maximum atomic E-state index is 2.29. The topological polar surface area (TPSA) is 0 Å². The van der Waals surface area contributed by atoms with E-state index in [2.05, 4.69) is 92.8 Å². The average molecular weight is 274 g/mol. The van der Waals surface area contributed by atoms with Crippen molar-refractivity contribution in [2.45, 2.75) is 25.5 Å². The van der Waals surface area contributed by atoms with Crippen LogP contribution in [-0.2, 0) is 0 Å². The molecule has 0 fully saturated rings. The van der Waals surface area contributed by atoms with E-state index in [9.17, 15) is 0 Å². The van der Waals surface area contributed by atoms with Gasteiger partial charge in [0.1, 0.15) is 0 Å². The van der Waals surface area contributed by atoms with Crippen LogP contribution in [0.1, 0.15) is 20.8 Å². The molecule has 0 spiro atoms. The number of hydrogen-bond donors (Lipinski definition) is 0. The highest BCUT2D eigenvalue weighted by molar-refractivity contribution is 8.60. The van der Waals surface area contributed by atoms with Crippen molar-refractivity contribution in [2.24, 2.45) is 0 Å². The van der Waals surface area contributed by atoms with Crippen molar-refractivity contribution in [1.82, 2.24) is 0 Å². The summed E-state index contributed by atoms with van der Waals surface area (Å²) in [6, 6.07) is 21.7. The zero-order valence-electron chi connectivity index (χ0n) is 11.1. The normalized spacial score (nSPS) is 11.8. The van der Waals surface area contributed by atoms with Crippen LogP contribution in [0, 0.1) is 0 Å². The van der Waals surface area contributed by atoms with E-state index in [0.29, 0.717) is 0 Å². The van der Waals surface area contributed by atoms with Gasteiger partial charge in [-0.05, 0) is 10.6 Å². The lowest BCUT2D eigenvalue weighted by Crippen LogP contribution is -2.15. The van der Waals surface area contributed by atoms with Crippen molar-refractivity contribution in [3.8, 4) is 0 Å². The molecule has 0 amide bonds. The lowest BCUT2D eigenvalue weighted by molar-refractivity contribution is 0.810. The highest BCUT2D eigenvalue weighted by Gasteiger charge is 2.21. The molecule has 0 heterocycles. The molecule has 0 unspecified atom stereocenters. The van der Waals surface area contributed by atoms with Gasteiger partial charge in [0.15, 0.2) is 0 Å². The fourth-order valence-corrected chi connectivity index (χ4v) is 6.60. The summed E-state index contributed by atoms with van der Waals surface area (Å²) in [5.41, 5.74) is 0. The van der Waals surface area contributed by atoms with Gasteiger partial charge in [-0.25, -0.2) is 0 Å². The van der Waals surface area contributed by atoms with E-state index in [1.54, 1.807) is 0 Å². The first kappa shape index (κ1) is 13.6. The van der Waals surface area contributed by atoms with Gasteiger partial charge in [-0.3, -0.25) is 0 Å². The second-order valence-corrected chi connectivity index (χ2v) is 9.84. The third-order valence-electron chi connectivity index (χ3n) is 2.35. The predicted molar refractivity (Wildman–Crippen MR) is 86.4 cm³/mol. The van der Waals surface area contributed by atoms with E-state index in [-0.39, 0.29) is 11.9 Å². The Morgan fingerprint density at radius 3 is 1.44 bits per heavy atom. The largest absolute Gasteiger partial charge is 0.118 e. The third kappa shape index (κ3) is 3.86. The Kier molecular flexibility index (Phi) is 4.48. The predicted octanol–water partition coefficient (Wildman–Crippen LogP) is 4.57. The summed E-state index contributed by atoms with van der Waals surface area (Å²) in [5, 5.41) is 2.89. The minimum absolute atomic E-state index is 0.275. The minimum Gasteiger partial charge on any atom is -0.118 e. The quantitative estimate of drug-likeness (QED) is 0.739. The molecule has 0 aliphatic heterocycles. The zero-order chi connectivity index (χ0) is 13.0. The minimum atomic E-state index is -0.322. The molecule has 0 nitrogen and oxygen atoms in total. The average Bonchev–Trinajstić information content (AvgIpc) is 2.37. The molecule has 0 N–H and O–H groups in total. The molecular formula is C16H19PS. The van der Waals surface area contributed by atoms with Crippen molar-refractivity contribution in [2.75, 3.05) is 0 Å². The first-order chi connectivity index (χ1) is 8.56. The molecule has 0 aromatic heterocycles. The van der Waals surface area contributed by atoms with Gasteiger partial charge in [0.25, 0.3) is 0 Å². The van der Waals surface area contributed by atoms with Crippen molar-refractivity contribution in [3.63, 3.8) is 0 Å². The zero-order valence-corrected chi connectivity index (χ0v) is 12.8. The van der Waals surface area contributed by atoms with Gasteiger partial charge >= 0.3 is 0 Å². The Balaban J connectivity index is 2.36. The van der Waals surface area contributed by atoms with Crippen LogP contribution in [-0.4, -0.2) is 4.75 Å². The highest BCUT2D eigenvalue weighted by atomic mass is 32.7. The summed E-state index contributed by atoms with van der Waals surface area (Å²) in [6.07, 6.45) is 0. The second kappa shape index (κ2) is 5.91. The molecule has 94 valence electrons. The second-order valence-electron chi connectivity index (χ2n) is 5.17. The van der Waals surface area contributed by atoms with Crippen LogP contribution in [0.2, 0.25) is 0 Å². The molecule has 2 aromatic carbocycles. The van der Waals surface area contributed by atoms with E-state index in [4.69, 9.17) is 0 Å². The third-order valence-corrected chi connectivity index (χ3v) is 8.07. The van der Waals surface area contributed by atoms with Gasteiger partial charge in [0, 0.05) is 11.9 Å². The van der Waals surface area contributed by atoms with Crippen LogP contribution in [0.3, 0.4) is 0 Å². The molecule has 0 saturated carbocycles. The van der Waals surface area contributed by atoms with Gasteiger partial charge in [-0.1, -0.05) is 81.4 Å². The standard InChI is InChI=1S/C16H19PS/c1-16(2,3)18-17(14-10-6-4-7-11-14)15-12-8-5-9-13-15/h4-13H,1-3H3. The van der Waals surface area contributed by atoms with Gasteiger partial charge < -0.3 is 0 Å². The first-order valence-corrected chi connectivity index (χ1v) is 8.92. The summed E-state index contributed by atoms with van der Waals surface area (Å²) < 4.78 is 0.275. The van der Waals surface area contributed by atoms with E-state index >= 15 is 0 Å². The number of hydrogen-bond acceptors (Lipinski definition) is 1. The molecule has 0 saturated heterocycles. The Morgan fingerprint density at radius 2 is 1.11 bits per heavy atom.